The summed E-state index contributed by atoms with van der Waals surface area (Å²) in [6.07, 6.45) is 3.40. The van der Waals surface area contributed by atoms with Gasteiger partial charge >= 0.3 is 0 Å². The van der Waals surface area contributed by atoms with Crippen LogP contribution >= 0.6 is 0 Å². The lowest BCUT2D eigenvalue weighted by atomic mass is 9.84. The molecule has 31 heavy (non-hydrogen) atoms. The number of fused-ring (bicyclic) bond motifs is 1. The van der Waals surface area contributed by atoms with Gasteiger partial charge in [-0.3, -0.25) is 14.6 Å². The molecule has 1 unspecified atom stereocenters. The molecular weight excluding hydrogens is 402 g/mol. The van der Waals surface area contributed by atoms with Crippen LogP contribution in [-0.4, -0.2) is 45.5 Å². The molecule has 1 saturated heterocycles. The van der Waals surface area contributed by atoms with Crippen LogP contribution in [-0.2, 0) is 16.1 Å². The van der Waals surface area contributed by atoms with Gasteiger partial charge in [0, 0.05) is 25.1 Å². The van der Waals surface area contributed by atoms with Crippen molar-refractivity contribution in [2.45, 2.75) is 65.0 Å². The number of halogens is 2. The molecule has 1 atom stereocenters. The summed E-state index contributed by atoms with van der Waals surface area (Å²) >= 11 is 0. The number of Topliss-reactive ketones (excluding diaryl/α,β-unsaturated/α-hetero) is 1. The zero-order chi connectivity index (χ0) is 22.8. The fourth-order valence-corrected chi connectivity index (χ4v) is 4.41. The van der Waals surface area contributed by atoms with Crippen LogP contribution < -0.4 is 0 Å². The van der Waals surface area contributed by atoms with E-state index in [2.05, 4.69) is 11.8 Å². The molecule has 0 bridgehead atoms. The molecule has 3 rings (SSSR count). The minimum Gasteiger partial charge on any atom is -0.396 e. The molecule has 7 heteroatoms. The van der Waals surface area contributed by atoms with E-state index in [-0.39, 0.29) is 35.6 Å². The van der Waals surface area contributed by atoms with E-state index in [1.807, 2.05) is 11.9 Å². The maximum atomic E-state index is 14.8. The Balaban J connectivity index is 1.89. The second-order valence-corrected chi connectivity index (χ2v) is 8.30. The summed E-state index contributed by atoms with van der Waals surface area (Å²) < 4.78 is 29.4. The van der Waals surface area contributed by atoms with Crippen LogP contribution in [0.4, 0.5) is 8.78 Å². The number of carbonyl (C=O) groups excluding carboxylic acids is 2. The van der Waals surface area contributed by atoms with E-state index >= 15 is 0 Å². The molecule has 0 spiro atoms. The lowest BCUT2D eigenvalue weighted by molar-refractivity contribution is -0.157. The molecule has 1 aromatic rings. The third-order valence-electron chi connectivity index (χ3n) is 6.29. The number of carbonyl (C=O) groups is 2. The van der Waals surface area contributed by atoms with Crippen LogP contribution in [0, 0.1) is 23.5 Å². The molecule has 1 N–H and O–H groups in total. The highest BCUT2D eigenvalue weighted by atomic mass is 19.2. The fourth-order valence-electron chi connectivity index (χ4n) is 4.41. The number of unbranched alkanes of at least 4 members (excludes halogenated alkanes) is 2. The number of hydrogen-bond acceptors (Lipinski definition) is 4. The molecule has 0 saturated carbocycles. The highest BCUT2D eigenvalue weighted by Gasteiger charge is 2.49. The summed E-state index contributed by atoms with van der Waals surface area (Å²) in [5.41, 5.74) is 0.364. The Morgan fingerprint density at radius 2 is 2.00 bits per heavy atom. The predicted molar refractivity (Wildman–Crippen MR) is 112 cm³/mol. The third kappa shape index (κ3) is 4.28. The highest BCUT2D eigenvalue weighted by molar-refractivity contribution is 6.19. The van der Waals surface area contributed by atoms with E-state index in [1.54, 1.807) is 6.92 Å². The summed E-state index contributed by atoms with van der Waals surface area (Å²) in [5.74, 6) is 2.55. The van der Waals surface area contributed by atoms with Crippen molar-refractivity contribution < 1.29 is 23.5 Å². The van der Waals surface area contributed by atoms with Gasteiger partial charge in [0.25, 0.3) is 5.91 Å². The molecule has 2 aliphatic heterocycles. The average molecular weight is 430 g/mol. The van der Waals surface area contributed by atoms with Crippen molar-refractivity contribution in [2.75, 3.05) is 13.2 Å². The Labute approximate surface area is 181 Å². The average Bonchev–Trinajstić information content (AvgIpc) is 3.12. The van der Waals surface area contributed by atoms with Crippen LogP contribution in [0.15, 0.2) is 23.3 Å². The zero-order valence-electron chi connectivity index (χ0n) is 18.2. The SMILES string of the molecule is CC(=O)C1=C(C)C2(C)CCCN2N(Cc2ccc(C#CCCCCO)c(F)c2F)C1=O. The van der Waals surface area contributed by atoms with Gasteiger partial charge in [-0.05, 0) is 58.1 Å². The minimum atomic E-state index is -1.04. The van der Waals surface area contributed by atoms with Crippen molar-refractivity contribution in [3.05, 3.63) is 46.0 Å². The number of benzene rings is 1. The van der Waals surface area contributed by atoms with Crippen molar-refractivity contribution in [3.63, 3.8) is 0 Å². The van der Waals surface area contributed by atoms with Gasteiger partial charge in [0.15, 0.2) is 17.4 Å². The summed E-state index contributed by atoms with van der Waals surface area (Å²) in [6, 6.07) is 2.85. The van der Waals surface area contributed by atoms with Crippen molar-refractivity contribution in [3.8, 4) is 11.8 Å². The minimum absolute atomic E-state index is 0.0355. The molecule has 1 aromatic carbocycles. The first-order chi connectivity index (χ1) is 14.7. The molecule has 1 fully saturated rings. The zero-order valence-corrected chi connectivity index (χ0v) is 18.2. The van der Waals surface area contributed by atoms with Crippen LogP contribution in [0.25, 0.3) is 0 Å². The second kappa shape index (κ2) is 9.29. The summed E-state index contributed by atoms with van der Waals surface area (Å²) in [5, 5.41) is 12.0. The first-order valence-electron chi connectivity index (χ1n) is 10.6. The van der Waals surface area contributed by atoms with Crippen LogP contribution in [0.2, 0.25) is 0 Å². The van der Waals surface area contributed by atoms with Gasteiger partial charge in [0.05, 0.1) is 23.2 Å². The Hall–Kier alpha value is -2.56. The Morgan fingerprint density at radius 1 is 1.26 bits per heavy atom. The standard InChI is InChI=1S/C24H28F2N2O3/c1-16-20(17(2)30)23(31)27(28-13-8-12-24(16,28)3)15-19-11-10-18(21(25)22(19)26)9-6-4-5-7-14-29/h10-11,29H,4-5,7-8,12-15H2,1-3H3. The van der Waals surface area contributed by atoms with Crippen molar-refractivity contribution in [2.24, 2.45) is 0 Å². The first-order valence-corrected chi connectivity index (χ1v) is 10.6. The van der Waals surface area contributed by atoms with Gasteiger partial charge in [0.2, 0.25) is 0 Å². The molecule has 1 amide bonds. The Morgan fingerprint density at radius 3 is 2.68 bits per heavy atom. The van der Waals surface area contributed by atoms with Gasteiger partial charge in [0.1, 0.15) is 0 Å². The quantitative estimate of drug-likeness (QED) is 0.426. The maximum Gasteiger partial charge on any atom is 0.272 e. The smallest absolute Gasteiger partial charge is 0.272 e. The number of nitrogens with zero attached hydrogens (tertiary/aromatic N) is 2. The molecule has 0 radical (unpaired) electrons. The van der Waals surface area contributed by atoms with Gasteiger partial charge in [-0.15, -0.1) is 0 Å². The van der Waals surface area contributed by atoms with E-state index in [0.717, 1.165) is 18.4 Å². The van der Waals surface area contributed by atoms with Gasteiger partial charge in [-0.25, -0.2) is 13.8 Å². The highest BCUT2D eigenvalue weighted by Crippen LogP contribution is 2.42. The Kier molecular flexibility index (Phi) is 6.93. The van der Waals surface area contributed by atoms with E-state index in [0.29, 0.717) is 25.8 Å². The molecule has 0 aromatic heterocycles. The molecule has 166 valence electrons. The van der Waals surface area contributed by atoms with Crippen molar-refractivity contribution in [1.82, 2.24) is 10.0 Å². The fraction of sp³-hybridized carbons (Fsp3) is 0.500. The van der Waals surface area contributed by atoms with E-state index in [9.17, 15) is 18.4 Å². The first kappa shape index (κ1) is 23.1. The van der Waals surface area contributed by atoms with Gasteiger partial charge in [-0.2, -0.15) is 0 Å². The van der Waals surface area contributed by atoms with E-state index < -0.39 is 23.1 Å². The number of rotatable bonds is 6. The largest absolute Gasteiger partial charge is 0.396 e. The third-order valence-corrected chi connectivity index (χ3v) is 6.29. The van der Waals surface area contributed by atoms with Crippen LogP contribution in [0.3, 0.4) is 0 Å². The van der Waals surface area contributed by atoms with E-state index in [1.165, 1.54) is 24.1 Å². The number of ketones is 1. The Bertz CT molecular complexity index is 993. The van der Waals surface area contributed by atoms with E-state index in [4.69, 9.17) is 5.11 Å². The van der Waals surface area contributed by atoms with Crippen LogP contribution in [0.5, 0.6) is 0 Å². The van der Waals surface area contributed by atoms with Crippen molar-refractivity contribution in [1.29, 1.82) is 0 Å². The number of aliphatic hydroxyl groups is 1. The van der Waals surface area contributed by atoms with Gasteiger partial charge in [-0.1, -0.05) is 17.9 Å². The van der Waals surface area contributed by atoms with Gasteiger partial charge < -0.3 is 5.11 Å². The summed E-state index contributed by atoms with van der Waals surface area (Å²) in [7, 11) is 0. The lowest BCUT2D eigenvalue weighted by Crippen LogP contribution is -2.59. The molecular formula is C24H28F2N2O3. The number of hydrazine groups is 1. The summed E-state index contributed by atoms with van der Waals surface area (Å²) in [6.45, 7) is 5.66. The lowest BCUT2D eigenvalue weighted by Gasteiger charge is -2.47. The molecule has 0 aliphatic carbocycles. The monoisotopic (exact) mass is 430 g/mol. The van der Waals surface area contributed by atoms with Crippen molar-refractivity contribution >= 4 is 11.7 Å². The maximum absolute atomic E-state index is 14.8. The normalized spacial score (nSPS) is 21.2. The topological polar surface area (TPSA) is 60.9 Å². The predicted octanol–water partition coefficient (Wildman–Crippen LogP) is 3.50. The van der Waals surface area contributed by atoms with Crippen LogP contribution in [0.1, 0.15) is 64.0 Å². The molecule has 5 nitrogen and oxygen atoms in total. The molecule has 2 aliphatic rings. The number of amides is 1. The number of aliphatic hydroxyl groups excluding tert-OH is 1. The second-order valence-electron chi connectivity index (χ2n) is 8.30. The molecule has 2 heterocycles. The number of hydrogen-bond donors (Lipinski definition) is 1. The summed E-state index contributed by atoms with van der Waals surface area (Å²) in [4.78, 5) is 25.3.